The van der Waals surface area contributed by atoms with Crippen LogP contribution in [0.2, 0.25) is 0 Å². The SMILES string of the molecule is COc1c(F)cc(C=CCCS)cc1F. The average Bonchev–Trinajstić information content (AvgIpc) is 2.18. The molecule has 0 N–H and O–H groups in total. The Hall–Kier alpha value is -1.03. The quantitative estimate of drug-likeness (QED) is 0.781. The number of hydrogen-bond donors (Lipinski definition) is 1. The molecular weight excluding hydrogens is 218 g/mol. The van der Waals surface area contributed by atoms with Gasteiger partial charge in [-0.3, -0.25) is 0 Å². The number of halogens is 2. The molecule has 0 spiro atoms. The van der Waals surface area contributed by atoms with Crippen molar-refractivity contribution in [1.29, 1.82) is 0 Å². The first-order chi connectivity index (χ1) is 7.19. The number of rotatable bonds is 4. The molecule has 1 aromatic rings. The predicted octanol–water partition coefficient (Wildman–Crippen LogP) is 3.31. The summed E-state index contributed by atoms with van der Waals surface area (Å²) in [5.74, 6) is -1.02. The van der Waals surface area contributed by atoms with Crippen molar-refractivity contribution in [3.8, 4) is 5.75 Å². The van der Waals surface area contributed by atoms with E-state index >= 15 is 0 Å². The van der Waals surface area contributed by atoms with Gasteiger partial charge in [-0.05, 0) is 29.9 Å². The van der Waals surface area contributed by atoms with Gasteiger partial charge in [0.2, 0.25) is 0 Å². The minimum atomic E-state index is -0.692. The van der Waals surface area contributed by atoms with Crippen LogP contribution in [0.15, 0.2) is 18.2 Å². The van der Waals surface area contributed by atoms with Crippen molar-refractivity contribution in [2.75, 3.05) is 12.9 Å². The predicted molar refractivity (Wildman–Crippen MR) is 60.4 cm³/mol. The summed E-state index contributed by atoms with van der Waals surface area (Å²) < 4.78 is 31.0. The molecular formula is C11H12F2OS. The highest BCUT2D eigenvalue weighted by atomic mass is 32.1. The lowest BCUT2D eigenvalue weighted by atomic mass is 10.2. The van der Waals surface area contributed by atoms with E-state index in [0.717, 1.165) is 6.42 Å². The Morgan fingerprint density at radius 1 is 1.33 bits per heavy atom. The van der Waals surface area contributed by atoms with Gasteiger partial charge in [-0.2, -0.15) is 12.6 Å². The molecule has 0 radical (unpaired) electrons. The van der Waals surface area contributed by atoms with Gasteiger partial charge in [0.1, 0.15) is 0 Å². The Morgan fingerprint density at radius 3 is 2.40 bits per heavy atom. The van der Waals surface area contributed by atoms with Crippen LogP contribution >= 0.6 is 12.6 Å². The number of thiol groups is 1. The summed E-state index contributed by atoms with van der Waals surface area (Å²) in [5, 5.41) is 0. The van der Waals surface area contributed by atoms with Crippen molar-refractivity contribution >= 4 is 18.7 Å². The second-order valence-corrected chi connectivity index (χ2v) is 3.38. The van der Waals surface area contributed by atoms with E-state index in [-0.39, 0.29) is 5.75 Å². The number of allylic oxidation sites excluding steroid dienone is 1. The van der Waals surface area contributed by atoms with Crippen molar-refractivity contribution in [1.82, 2.24) is 0 Å². The standard InChI is InChI=1S/C11H12F2OS/c1-14-11-9(12)6-8(7-10(11)13)4-2-3-5-15/h2,4,6-7,15H,3,5H2,1H3. The summed E-state index contributed by atoms with van der Waals surface area (Å²) in [4.78, 5) is 0. The molecule has 0 amide bonds. The van der Waals surface area contributed by atoms with E-state index in [4.69, 9.17) is 0 Å². The fraction of sp³-hybridized carbons (Fsp3) is 0.273. The zero-order chi connectivity index (χ0) is 11.3. The largest absolute Gasteiger partial charge is 0.491 e. The van der Waals surface area contributed by atoms with E-state index in [0.29, 0.717) is 11.3 Å². The van der Waals surface area contributed by atoms with E-state index < -0.39 is 11.6 Å². The van der Waals surface area contributed by atoms with Gasteiger partial charge in [0.05, 0.1) is 7.11 Å². The molecule has 0 saturated carbocycles. The molecule has 15 heavy (non-hydrogen) atoms. The van der Waals surface area contributed by atoms with E-state index in [2.05, 4.69) is 17.4 Å². The van der Waals surface area contributed by atoms with E-state index in [1.807, 2.05) is 6.08 Å². The lowest BCUT2D eigenvalue weighted by molar-refractivity contribution is 0.360. The highest BCUT2D eigenvalue weighted by molar-refractivity contribution is 7.80. The smallest absolute Gasteiger partial charge is 0.190 e. The van der Waals surface area contributed by atoms with Gasteiger partial charge in [-0.1, -0.05) is 12.2 Å². The van der Waals surface area contributed by atoms with Crippen LogP contribution < -0.4 is 4.74 Å². The number of methoxy groups -OCH3 is 1. The Morgan fingerprint density at radius 2 is 1.93 bits per heavy atom. The maximum Gasteiger partial charge on any atom is 0.190 e. The van der Waals surface area contributed by atoms with E-state index in [1.165, 1.54) is 19.2 Å². The van der Waals surface area contributed by atoms with Crippen molar-refractivity contribution in [3.63, 3.8) is 0 Å². The molecule has 0 aromatic heterocycles. The molecule has 82 valence electrons. The van der Waals surface area contributed by atoms with Crippen LogP contribution in [0.3, 0.4) is 0 Å². The van der Waals surface area contributed by atoms with Crippen LogP contribution in [0.4, 0.5) is 8.78 Å². The third-order valence-electron chi connectivity index (χ3n) is 1.83. The molecule has 0 bridgehead atoms. The number of ether oxygens (including phenoxy) is 1. The molecule has 0 fully saturated rings. The minimum absolute atomic E-state index is 0.346. The fourth-order valence-electron chi connectivity index (χ4n) is 1.16. The molecule has 0 atom stereocenters. The normalized spacial score (nSPS) is 10.9. The third-order valence-corrected chi connectivity index (χ3v) is 2.09. The van der Waals surface area contributed by atoms with Crippen molar-refractivity contribution in [2.45, 2.75) is 6.42 Å². The molecule has 0 aliphatic carbocycles. The minimum Gasteiger partial charge on any atom is -0.491 e. The van der Waals surface area contributed by atoms with Crippen molar-refractivity contribution in [3.05, 3.63) is 35.4 Å². The number of benzene rings is 1. The van der Waals surface area contributed by atoms with Crippen LogP contribution in [0.1, 0.15) is 12.0 Å². The van der Waals surface area contributed by atoms with Crippen molar-refractivity contribution < 1.29 is 13.5 Å². The van der Waals surface area contributed by atoms with Crippen LogP contribution in [0.5, 0.6) is 5.75 Å². The molecule has 0 aliphatic heterocycles. The second kappa shape index (κ2) is 5.75. The topological polar surface area (TPSA) is 9.23 Å². The van der Waals surface area contributed by atoms with E-state index in [9.17, 15) is 8.78 Å². The molecule has 0 aliphatic rings. The Kier molecular flexibility index (Phi) is 4.62. The first-order valence-corrected chi connectivity index (χ1v) is 5.12. The van der Waals surface area contributed by atoms with Gasteiger partial charge in [0, 0.05) is 0 Å². The lowest BCUT2D eigenvalue weighted by Gasteiger charge is -2.04. The Balaban J connectivity index is 2.93. The van der Waals surface area contributed by atoms with Crippen LogP contribution in [0.25, 0.3) is 6.08 Å². The van der Waals surface area contributed by atoms with Gasteiger partial charge >= 0.3 is 0 Å². The average molecular weight is 230 g/mol. The molecule has 1 rings (SSSR count). The van der Waals surface area contributed by atoms with Gasteiger partial charge in [-0.25, -0.2) is 8.78 Å². The van der Waals surface area contributed by atoms with Gasteiger partial charge in [0.25, 0.3) is 0 Å². The zero-order valence-corrected chi connectivity index (χ0v) is 9.23. The molecule has 0 saturated heterocycles. The van der Waals surface area contributed by atoms with Gasteiger partial charge in [0.15, 0.2) is 17.4 Å². The zero-order valence-electron chi connectivity index (χ0n) is 8.34. The highest BCUT2D eigenvalue weighted by Crippen LogP contribution is 2.23. The highest BCUT2D eigenvalue weighted by Gasteiger charge is 2.09. The van der Waals surface area contributed by atoms with Crippen LogP contribution in [-0.2, 0) is 0 Å². The third kappa shape index (κ3) is 3.23. The Labute approximate surface area is 93.2 Å². The van der Waals surface area contributed by atoms with Crippen LogP contribution in [-0.4, -0.2) is 12.9 Å². The summed E-state index contributed by atoms with van der Waals surface area (Å²) in [5.41, 5.74) is 0.479. The second-order valence-electron chi connectivity index (χ2n) is 2.93. The molecule has 1 aromatic carbocycles. The fourth-order valence-corrected chi connectivity index (χ4v) is 1.31. The summed E-state index contributed by atoms with van der Waals surface area (Å²) in [6, 6.07) is 2.47. The maximum absolute atomic E-state index is 13.2. The monoisotopic (exact) mass is 230 g/mol. The van der Waals surface area contributed by atoms with Crippen molar-refractivity contribution in [2.24, 2.45) is 0 Å². The maximum atomic E-state index is 13.2. The molecule has 4 heteroatoms. The number of hydrogen-bond acceptors (Lipinski definition) is 2. The first-order valence-electron chi connectivity index (χ1n) is 4.49. The Bertz CT molecular complexity index is 341. The lowest BCUT2D eigenvalue weighted by Crippen LogP contribution is -1.93. The molecule has 0 heterocycles. The molecule has 0 unspecified atom stereocenters. The summed E-state index contributed by atoms with van der Waals surface area (Å²) in [7, 11) is 1.23. The summed E-state index contributed by atoms with van der Waals surface area (Å²) in [6.07, 6.45) is 4.23. The summed E-state index contributed by atoms with van der Waals surface area (Å²) in [6.45, 7) is 0. The molecule has 1 nitrogen and oxygen atoms in total. The van der Waals surface area contributed by atoms with Crippen LogP contribution in [0, 0.1) is 11.6 Å². The summed E-state index contributed by atoms with van der Waals surface area (Å²) >= 11 is 4.02. The first kappa shape index (κ1) is 12.0. The van der Waals surface area contributed by atoms with Gasteiger partial charge in [-0.15, -0.1) is 0 Å². The van der Waals surface area contributed by atoms with Gasteiger partial charge < -0.3 is 4.74 Å². The van der Waals surface area contributed by atoms with E-state index in [1.54, 1.807) is 6.08 Å².